The van der Waals surface area contributed by atoms with Crippen LogP contribution >= 0.6 is 0 Å². The molecule has 0 aliphatic carbocycles. The maximum atomic E-state index is 3.18. The first-order valence-electron chi connectivity index (χ1n) is 4.15. The van der Waals surface area contributed by atoms with E-state index in [4.69, 9.17) is 0 Å². The fraction of sp³-hybridized carbons (Fsp3) is 0.182. The molecule has 1 heterocycles. The monoisotopic (exact) mass is 158 g/mol. The zero-order valence-electron chi connectivity index (χ0n) is 7.39. The van der Waals surface area contributed by atoms with Crippen LogP contribution in [0.2, 0.25) is 0 Å². The van der Waals surface area contributed by atoms with Crippen molar-refractivity contribution >= 4 is 10.9 Å². The van der Waals surface area contributed by atoms with Crippen molar-refractivity contribution in [3.05, 3.63) is 41.9 Å². The fourth-order valence-corrected chi connectivity index (χ4v) is 1.36. The molecule has 61 valence electrons. The molecule has 1 aromatic heterocycles. The molecule has 0 bridgehead atoms. The van der Waals surface area contributed by atoms with Gasteiger partial charge in [-0.2, -0.15) is 0 Å². The van der Waals surface area contributed by atoms with Gasteiger partial charge in [0.05, 0.1) is 0 Å². The van der Waals surface area contributed by atoms with Gasteiger partial charge in [-0.1, -0.05) is 19.9 Å². The number of benzene rings is 1. The van der Waals surface area contributed by atoms with E-state index in [2.05, 4.69) is 43.1 Å². The molecule has 0 aliphatic heterocycles. The van der Waals surface area contributed by atoms with Gasteiger partial charge in [-0.25, -0.2) is 0 Å². The van der Waals surface area contributed by atoms with Gasteiger partial charge >= 0.3 is 0 Å². The van der Waals surface area contributed by atoms with E-state index in [-0.39, 0.29) is 0 Å². The molecule has 1 radical (unpaired) electrons. The zero-order chi connectivity index (χ0) is 8.55. The molecule has 12 heavy (non-hydrogen) atoms. The Morgan fingerprint density at radius 3 is 2.75 bits per heavy atom. The molecule has 0 saturated heterocycles. The Morgan fingerprint density at radius 1 is 1.17 bits per heavy atom. The number of rotatable bonds is 1. The highest BCUT2D eigenvalue weighted by atomic mass is 14.7. The van der Waals surface area contributed by atoms with E-state index < -0.39 is 0 Å². The van der Waals surface area contributed by atoms with Crippen molar-refractivity contribution in [2.24, 2.45) is 0 Å². The third kappa shape index (κ3) is 1.11. The van der Waals surface area contributed by atoms with Gasteiger partial charge in [-0.05, 0) is 35.1 Å². The molecule has 0 atom stereocenters. The third-order valence-electron chi connectivity index (χ3n) is 2.13. The molecule has 0 amide bonds. The maximum absolute atomic E-state index is 3.18. The molecule has 1 N–H and O–H groups in total. The van der Waals surface area contributed by atoms with Crippen LogP contribution in [-0.2, 0) is 0 Å². The molecular weight excluding hydrogens is 146 g/mol. The topological polar surface area (TPSA) is 15.8 Å². The summed E-state index contributed by atoms with van der Waals surface area (Å²) in [5, 5.41) is 1.29. The summed E-state index contributed by atoms with van der Waals surface area (Å²) in [7, 11) is 0. The number of aromatic amines is 1. The van der Waals surface area contributed by atoms with Crippen LogP contribution in [0.4, 0.5) is 0 Å². The van der Waals surface area contributed by atoms with Gasteiger partial charge in [-0.15, -0.1) is 0 Å². The van der Waals surface area contributed by atoms with Crippen LogP contribution in [0.25, 0.3) is 10.9 Å². The van der Waals surface area contributed by atoms with Gasteiger partial charge < -0.3 is 4.98 Å². The van der Waals surface area contributed by atoms with E-state index >= 15 is 0 Å². The van der Waals surface area contributed by atoms with Gasteiger partial charge in [0.25, 0.3) is 0 Å². The molecule has 1 heteroatoms. The summed E-state index contributed by atoms with van der Waals surface area (Å²) in [5.74, 6) is 1.36. The van der Waals surface area contributed by atoms with Crippen molar-refractivity contribution in [3.63, 3.8) is 0 Å². The van der Waals surface area contributed by atoms with Gasteiger partial charge in [0, 0.05) is 11.7 Å². The summed E-state index contributed by atoms with van der Waals surface area (Å²) in [6.45, 7) is 4.27. The number of fused-ring (bicyclic) bond motifs is 1. The summed E-state index contributed by atoms with van der Waals surface area (Å²) in [6, 6.07) is 8.58. The number of hydrogen-bond acceptors (Lipinski definition) is 0. The largest absolute Gasteiger partial charge is 0.361 e. The van der Waals surface area contributed by atoms with Crippen molar-refractivity contribution in [2.45, 2.75) is 13.8 Å². The lowest BCUT2D eigenvalue weighted by Crippen LogP contribution is -1.86. The Bertz CT molecular complexity index is 385. The molecule has 1 aromatic carbocycles. The lowest BCUT2D eigenvalue weighted by Gasteiger charge is -2.03. The first-order valence-corrected chi connectivity index (χ1v) is 4.15. The van der Waals surface area contributed by atoms with E-state index in [9.17, 15) is 0 Å². The van der Waals surface area contributed by atoms with Gasteiger partial charge in [-0.3, -0.25) is 0 Å². The fourth-order valence-electron chi connectivity index (χ4n) is 1.36. The molecule has 0 spiro atoms. The molecule has 0 saturated carbocycles. The summed E-state index contributed by atoms with van der Waals surface area (Å²) in [4.78, 5) is 3.18. The first-order chi connectivity index (χ1) is 5.77. The Labute approximate surface area is 72.4 Å². The van der Waals surface area contributed by atoms with Crippen LogP contribution in [-0.4, -0.2) is 4.98 Å². The number of aromatic nitrogens is 1. The molecule has 0 aliphatic rings. The van der Waals surface area contributed by atoms with E-state index in [1.165, 1.54) is 22.4 Å². The van der Waals surface area contributed by atoms with Crippen LogP contribution in [0.1, 0.15) is 19.4 Å². The Hall–Kier alpha value is -1.24. The van der Waals surface area contributed by atoms with Crippen LogP contribution in [0.15, 0.2) is 30.5 Å². The Balaban J connectivity index is 2.60. The Morgan fingerprint density at radius 2 is 2.00 bits per heavy atom. The van der Waals surface area contributed by atoms with E-state index in [1.807, 2.05) is 6.20 Å². The second kappa shape index (κ2) is 2.67. The third-order valence-corrected chi connectivity index (χ3v) is 2.13. The Kier molecular flexibility index (Phi) is 1.65. The zero-order valence-corrected chi connectivity index (χ0v) is 7.39. The minimum atomic E-state index is 1.21. The second-order valence-electron chi connectivity index (χ2n) is 3.28. The van der Waals surface area contributed by atoms with Crippen molar-refractivity contribution in [1.82, 2.24) is 4.98 Å². The summed E-state index contributed by atoms with van der Waals surface area (Å²) in [6.07, 6.45) is 1.97. The van der Waals surface area contributed by atoms with Gasteiger partial charge in [0.1, 0.15) is 0 Å². The minimum Gasteiger partial charge on any atom is -0.361 e. The number of hydrogen-bond donors (Lipinski definition) is 1. The average Bonchev–Trinajstić information content (AvgIpc) is 2.49. The van der Waals surface area contributed by atoms with Crippen LogP contribution in [0, 0.1) is 5.92 Å². The van der Waals surface area contributed by atoms with Crippen LogP contribution in [0.5, 0.6) is 0 Å². The highest BCUT2D eigenvalue weighted by molar-refractivity contribution is 5.80. The predicted molar refractivity (Wildman–Crippen MR) is 52.0 cm³/mol. The smallest absolute Gasteiger partial charge is 0.0454 e. The molecular formula is C11H12N. The van der Waals surface area contributed by atoms with Crippen LogP contribution in [0.3, 0.4) is 0 Å². The van der Waals surface area contributed by atoms with E-state index in [0.717, 1.165) is 0 Å². The van der Waals surface area contributed by atoms with Crippen molar-refractivity contribution in [2.75, 3.05) is 0 Å². The van der Waals surface area contributed by atoms with E-state index in [0.29, 0.717) is 0 Å². The maximum Gasteiger partial charge on any atom is 0.0454 e. The second-order valence-corrected chi connectivity index (χ2v) is 3.28. The molecule has 2 aromatic rings. The van der Waals surface area contributed by atoms with Crippen molar-refractivity contribution < 1.29 is 0 Å². The molecule has 2 rings (SSSR count). The molecule has 0 unspecified atom stereocenters. The van der Waals surface area contributed by atoms with Gasteiger partial charge in [0.2, 0.25) is 0 Å². The average molecular weight is 158 g/mol. The lowest BCUT2D eigenvalue weighted by molar-refractivity contribution is 1.15. The highest BCUT2D eigenvalue weighted by Gasteiger charge is 2.00. The van der Waals surface area contributed by atoms with Crippen molar-refractivity contribution in [1.29, 1.82) is 0 Å². The SMILES string of the molecule is C[C](C)c1ccc2[nH]ccc2c1. The summed E-state index contributed by atoms with van der Waals surface area (Å²) in [5.41, 5.74) is 2.53. The molecule has 1 nitrogen and oxygen atoms in total. The summed E-state index contributed by atoms with van der Waals surface area (Å²) < 4.78 is 0. The minimum absolute atomic E-state index is 1.21. The molecule has 0 fully saturated rings. The van der Waals surface area contributed by atoms with Crippen molar-refractivity contribution in [3.8, 4) is 0 Å². The van der Waals surface area contributed by atoms with Crippen LogP contribution < -0.4 is 0 Å². The quantitative estimate of drug-likeness (QED) is 0.656. The number of nitrogens with one attached hydrogen (secondary N) is 1. The standard InChI is InChI=1S/C11H12N/c1-8(2)9-3-4-11-10(7-9)5-6-12-11/h3-7,12H,1-2H3. The highest BCUT2D eigenvalue weighted by Crippen LogP contribution is 2.19. The predicted octanol–water partition coefficient (Wildman–Crippen LogP) is 3.13. The van der Waals surface area contributed by atoms with E-state index in [1.54, 1.807) is 0 Å². The van der Waals surface area contributed by atoms with Gasteiger partial charge in [0.15, 0.2) is 0 Å². The first kappa shape index (κ1) is 7.41. The normalized spacial score (nSPS) is 11.2. The lowest BCUT2D eigenvalue weighted by atomic mass is 10.0. The number of H-pyrrole nitrogens is 1. The summed E-state index contributed by atoms with van der Waals surface area (Å²) >= 11 is 0.